The van der Waals surface area contributed by atoms with Crippen LogP contribution in [0.5, 0.6) is 0 Å². The Balaban J connectivity index is 1.21. The van der Waals surface area contributed by atoms with Gasteiger partial charge in [-0.15, -0.1) is 0 Å². The minimum Gasteiger partial charge on any atom is -0.311 e. The number of fused-ring (bicyclic) bond motifs is 4. The lowest BCUT2D eigenvalue weighted by molar-refractivity contribution is 0.568. The van der Waals surface area contributed by atoms with E-state index in [1.54, 1.807) is 0 Å². The summed E-state index contributed by atoms with van der Waals surface area (Å²) in [6.45, 7) is 41.8. The highest BCUT2D eigenvalue weighted by molar-refractivity contribution is 7.00. The molecular weight excluding hydrogens is 1050 g/mol. The van der Waals surface area contributed by atoms with Gasteiger partial charge in [0, 0.05) is 50.8 Å². The summed E-state index contributed by atoms with van der Waals surface area (Å²) >= 11 is 0. The number of hydrogen-bond donors (Lipinski definition) is 0. The number of aromatic nitrogens is 2. The van der Waals surface area contributed by atoms with Gasteiger partial charge < -0.3 is 9.80 Å². The molecule has 0 N–H and O–H groups in total. The average molecular weight is 1140 g/mol. The summed E-state index contributed by atoms with van der Waals surface area (Å²) in [5.74, 6) is 0.677. The van der Waals surface area contributed by atoms with Crippen LogP contribution < -0.4 is 26.2 Å². The molecule has 0 saturated heterocycles. The second-order valence-electron chi connectivity index (χ2n) is 31.0. The van der Waals surface area contributed by atoms with E-state index in [4.69, 9.17) is 9.97 Å². The van der Waals surface area contributed by atoms with E-state index in [1.807, 2.05) is 0 Å². The third-order valence-corrected chi connectivity index (χ3v) is 18.2. The van der Waals surface area contributed by atoms with E-state index < -0.39 is 0 Å². The molecule has 1 aromatic heterocycles. The van der Waals surface area contributed by atoms with Crippen molar-refractivity contribution in [2.75, 3.05) is 9.80 Å². The molecule has 0 fully saturated rings. The maximum absolute atomic E-state index is 5.85. The van der Waals surface area contributed by atoms with Crippen molar-refractivity contribution in [2.45, 2.75) is 157 Å². The molecule has 3 heterocycles. The smallest absolute Gasteiger partial charge is 0.252 e. The Kier molecular flexibility index (Phi) is 14.4. The van der Waals surface area contributed by atoms with Gasteiger partial charge in [0.2, 0.25) is 0 Å². The Labute approximate surface area is 520 Å². The minimum absolute atomic E-state index is 0.0956. The zero-order chi connectivity index (χ0) is 61.9. The summed E-state index contributed by atoms with van der Waals surface area (Å²) < 4.78 is 0. The molecule has 0 radical (unpaired) electrons. The van der Waals surface area contributed by atoms with Gasteiger partial charge in [0.25, 0.3) is 6.71 Å². The largest absolute Gasteiger partial charge is 0.311 e. The van der Waals surface area contributed by atoms with Crippen molar-refractivity contribution in [3.05, 3.63) is 234 Å². The molecule has 0 atom stereocenters. The fraction of sp³-hybridized carbons (Fsp3) is 0.293. The summed E-state index contributed by atoms with van der Waals surface area (Å²) in [6, 6.07) is 75.9. The first-order chi connectivity index (χ1) is 40.9. The highest BCUT2D eigenvalue weighted by Crippen LogP contribution is 2.48. The van der Waals surface area contributed by atoms with Gasteiger partial charge in [-0.05, 0) is 183 Å². The average Bonchev–Trinajstić information content (AvgIpc) is 0.712. The molecular formula is C82H87BN4. The van der Waals surface area contributed by atoms with Crippen LogP contribution in [0.3, 0.4) is 0 Å². The zero-order valence-corrected chi connectivity index (χ0v) is 54.9. The van der Waals surface area contributed by atoms with E-state index in [-0.39, 0.29) is 39.2 Å². The SMILES string of the molecule is CC(C)(C)c1cc(-c2cc(-c3cc(C(C)(C)C)cc(C(C)(C)C)c3)nc(-c3cc4c5c(c3)N(c3ccc(-c6ccccc6)cc3)c3ccc(C(C)(C)C)cc3B5c3cc(C(C)(C)C)ccc3N4c3ccc(-c4ccccc4)cc3)n2)cc(C(C)(C)C)c1. The van der Waals surface area contributed by atoms with Crippen LogP contribution >= 0.6 is 0 Å². The lowest BCUT2D eigenvalue weighted by Crippen LogP contribution is -2.61. The number of benzene rings is 9. The Morgan fingerprint density at radius 3 is 0.908 bits per heavy atom. The van der Waals surface area contributed by atoms with Gasteiger partial charge in [-0.2, -0.15) is 0 Å². The van der Waals surface area contributed by atoms with Gasteiger partial charge in [-0.3, -0.25) is 0 Å². The fourth-order valence-electron chi connectivity index (χ4n) is 12.6. The highest BCUT2D eigenvalue weighted by atomic mass is 15.2. The quantitative estimate of drug-likeness (QED) is 0.149. The lowest BCUT2D eigenvalue weighted by atomic mass is 9.33. The number of nitrogens with zero attached hydrogens (tertiary/aromatic N) is 4. The topological polar surface area (TPSA) is 32.3 Å². The van der Waals surface area contributed by atoms with Crippen molar-refractivity contribution in [3.8, 4) is 56.2 Å². The summed E-state index contributed by atoms with van der Waals surface area (Å²) in [5, 5.41) is 0. The summed E-state index contributed by atoms with van der Waals surface area (Å²) in [7, 11) is 0. The number of hydrogen-bond acceptors (Lipinski definition) is 4. The molecule has 87 heavy (non-hydrogen) atoms. The molecule has 0 spiro atoms. The monoisotopic (exact) mass is 1140 g/mol. The molecule has 4 nitrogen and oxygen atoms in total. The van der Waals surface area contributed by atoms with E-state index in [2.05, 4.69) is 335 Å². The van der Waals surface area contributed by atoms with Gasteiger partial charge in [0.15, 0.2) is 5.82 Å². The molecule has 0 unspecified atom stereocenters. The lowest BCUT2D eigenvalue weighted by Gasteiger charge is -2.45. The van der Waals surface area contributed by atoms with Gasteiger partial charge in [-0.25, -0.2) is 9.97 Å². The van der Waals surface area contributed by atoms with Crippen LogP contribution in [0.1, 0.15) is 158 Å². The van der Waals surface area contributed by atoms with Crippen LogP contribution in [0.4, 0.5) is 34.1 Å². The number of anilines is 6. The van der Waals surface area contributed by atoms with E-state index in [1.165, 1.54) is 83.4 Å². The Morgan fingerprint density at radius 2 is 0.586 bits per heavy atom. The van der Waals surface area contributed by atoms with Gasteiger partial charge >= 0.3 is 0 Å². The molecule has 438 valence electrons. The molecule has 12 rings (SSSR count). The van der Waals surface area contributed by atoms with Crippen LogP contribution in [0.15, 0.2) is 200 Å². The van der Waals surface area contributed by atoms with Gasteiger partial charge in [-0.1, -0.05) is 246 Å². The first kappa shape index (κ1) is 59.1. The normalized spacial score (nSPS) is 13.6. The molecule has 0 amide bonds. The summed E-state index contributed by atoms with van der Waals surface area (Å²) in [5.41, 5.74) is 27.4. The zero-order valence-electron chi connectivity index (χ0n) is 54.9. The van der Waals surface area contributed by atoms with E-state index in [0.29, 0.717) is 5.82 Å². The van der Waals surface area contributed by atoms with Crippen molar-refractivity contribution in [1.29, 1.82) is 0 Å². The van der Waals surface area contributed by atoms with Crippen molar-refractivity contribution < 1.29 is 0 Å². The van der Waals surface area contributed by atoms with Crippen molar-refractivity contribution in [3.63, 3.8) is 0 Å². The Hall–Kier alpha value is -8.28. The van der Waals surface area contributed by atoms with Crippen LogP contribution in [0.2, 0.25) is 0 Å². The summed E-state index contributed by atoms with van der Waals surface area (Å²) in [4.78, 5) is 16.8. The Morgan fingerprint density at radius 1 is 0.264 bits per heavy atom. The molecule has 2 aliphatic heterocycles. The molecule has 0 saturated carbocycles. The van der Waals surface area contributed by atoms with E-state index in [0.717, 1.165) is 50.8 Å². The third kappa shape index (κ3) is 11.4. The van der Waals surface area contributed by atoms with Crippen LogP contribution in [0.25, 0.3) is 56.2 Å². The maximum atomic E-state index is 5.85. The Bertz CT molecular complexity index is 3910. The van der Waals surface area contributed by atoms with Crippen LogP contribution in [0, 0.1) is 0 Å². The third-order valence-electron chi connectivity index (χ3n) is 18.2. The standard InChI is InChI=1S/C82H87BN4/c1-77(2,3)59-33-39-71-67(49-59)83-68-50-60(78(4,5)6)34-40-72(68)87(66-37-31-55(32-38-66)53-27-23-20-24-28-53)74-46-58(45-73(75(74)83)86(71)65-35-29-54(30-36-65)52-25-21-19-22-26-52)76-84-69(56-41-61(79(7,8)9)47-62(42-56)80(10,11)12)51-70(85-76)57-43-63(81(13,14)15)48-64(44-57)82(16,17)18/h19-51H,1-18H3. The van der Waals surface area contributed by atoms with Crippen molar-refractivity contribution >= 4 is 57.2 Å². The van der Waals surface area contributed by atoms with E-state index >= 15 is 0 Å². The predicted molar refractivity (Wildman–Crippen MR) is 375 cm³/mol. The minimum atomic E-state index is -0.104. The molecule has 2 aliphatic rings. The fourth-order valence-corrected chi connectivity index (χ4v) is 12.6. The predicted octanol–water partition coefficient (Wildman–Crippen LogP) is 20.7. The van der Waals surface area contributed by atoms with Crippen LogP contribution in [-0.2, 0) is 32.5 Å². The first-order valence-electron chi connectivity index (χ1n) is 31.5. The molecule has 9 aromatic carbocycles. The van der Waals surface area contributed by atoms with Gasteiger partial charge in [0.05, 0.1) is 11.4 Å². The number of rotatable bonds is 7. The first-order valence-corrected chi connectivity index (χ1v) is 31.5. The highest BCUT2D eigenvalue weighted by Gasteiger charge is 2.45. The maximum Gasteiger partial charge on any atom is 0.252 e. The van der Waals surface area contributed by atoms with E-state index in [9.17, 15) is 0 Å². The van der Waals surface area contributed by atoms with Crippen molar-refractivity contribution in [2.24, 2.45) is 0 Å². The molecule has 10 aromatic rings. The van der Waals surface area contributed by atoms with Crippen molar-refractivity contribution in [1.82, 2.24) is 9.97 Å². The molecule has 5 heteroatoms. The molecule has 0 bridgehead atoms. The second kappa shape index (κ2) is 21.3. The second-order valence-corrected chi connectivity index (χ2v) is 31.0. The summed E-state index contributed by atoms with van der Waals surface area (Å²) in [6.07, 6.45) is 0. The molecule has 0 aliphatic carbocycles. The van der Waals surface area contributed by atoms with Crippen LogP contribution in [-0.4, -0.2) is 16.7 Å². The van der Waals surface area contributed by atoms with Gasteiger partial charge in [0.1, 0.15) is 0 Å².